The molecule has 0 aromatic carbocycles. The lowest BCUT2D eigenvalue weighted by molar-refractivity contribution is -0.127. The van der Waals surface area contributed by atoms with Gasteiger partial charge in [0, 0.05) is 18.7 Å². The topological polar surface area (TPSA) is 58.2 Å². The fourth-order valence-electron chi connectivity index (χ4n) is 1.37. The van der Waals surface area contributed by atoms with Crippen LogP contribution < -0.4 is 10.6 Å². The molecule has 0 aromatic rings. The number of hydrogen-bond donors (Lipinski definition) is 3. The molecular weight excluding hydrogens is 224 g/mol. The van der Waals surface area contributed by atoms with Crippen molar-refractivity contribution in [2.45, 2.75) is 52.1 Å². The Kier molecular flexibility index (Phi) is 8.07. The standard InChI is InChI=1S/C11H22N2O2S/c1-4-5-6-8(2)12-11(15)10(7-16)13-9(3)14/h8,10,16H,4-7H2,1-3H3,(H,12,15)(H,13,14). The van der Waals surface area contributed by atoms with Gasteiger partial charge >= 0.3 is 0 Å². The second kappa shape index (κ2) is 8.44. The van der Waals surface area contributed by atoms with Crippen molar-refractivity contribution in [2.75, 3.05) is 5.75 Å². The summed E-state index contributed by atoms with van der Waals surface area (Å²) in [5, 5.41) is 5.43. The third-order valence-corrected chi connectivity index (χ3v) is 2.62. The summed E-state index contributed by atoms with van der Waals surface area (Å²) in [6.07, 6.45) is 3.16. The second-order valence-electron chi connectivity index (χ2n) is 3.99. The lowest BCUT2D eigenvalue weighted by Gasteiger charge is -2.19. The molecule has 0 aromatic heterocycles. The number of thiol groups is 1. The summed E-state index contributed by atoms with van der Waals surface area (Å²) in [5.74, 6) is -0.0597. The van der Waals surface area contributed by atoms with E-state index in [2.05, 4.69) is 30.2 Å². The molecule has 0 bridgehead atoms. The van der Waals surface area contributed by atoms with Gasteiger partial charge in [-0.3, -0.25) is 9.59 Å². The zero-order chi connectivity index (χ0) is 12.6. The van der Waals surface area contributed by atoms with Crippen LogP contribution in [-0.4, -0.2) is 29.7 Å². The lowest BCUT2D eigenvalue weighted by atomic mass is 10.1. The van der Waals surface area contributed by atoms with Crippen molar-refractivity contribution in [2.24, 2.45) is 0 Å². The maximum absolute atomic E-state index is 11.7. The molecule has 0 heterocycles. The summed E-state index contributed by atoms with van der Waals surface area (Å²) in [5.41, 5.74) is 0. The quantitative estimate of drug-likeness (QED) is 0.590. The van der Waals surface area contributed by atoms with Crippen LogP contribution in [0.3, 0.4) is 0 Å². The maximum Gasteiger partial charge on any atom is 0.243 e. The minimum atomic E-state index is -0.537. The molecule has 0 saturated heterocycles. The molecule has 0 saturated carbocycles. The van der Waals surface area contributed by atoms with E-state index in [9.17, 15) is 9.59 Å². The van der Waals surface area contributed by atoms with Gasteiger partial charge in [0.05, 0.1) is 0 Å². The molecule has 2 atom stereocenters. The first-order chi connectivity index (χ1) is 7.51. The van der Waals surface area contributed by atoms with Gasteiger partial charge in [0.15, 0.2) is 0 Å². The molecule has 4 nitrogen and oxygen atoms in total. The molecule has 16 heavy (non-hydrogen) atoms. The monoisotopic (exact) mass is 246 g/mol. The molecule has 0 fully saturated rings. The van der Waals surface area contributed by atoms with E-state index < -0.39 is 6.04 Å². The van der Waals surface area contributed by atoms with Crippen molar-refractivity contribution in [3.63, 3.8) is 0 Å². The van der Waals surface area contributed by atoms with Crippen LogP contribution >= 0.6 is 12.6 Å². The number of nitrogens with one attached hydrogen (secondary N) is 2. The van der Waals surface area contributed by atoms with Gasteiger partial charge in [0.2, 0.25) is 11.8 Å². The Morgan fingerprint density at radius 1 is 1.31 bits per heavy atom. The van der Waals surface area contributed by atoms with Gasteiger partial charge in [-0.05, 0) is 13.3 Å². The van der Waals surface area contributed by atoms with Crippen molar-refractivity contribution in [3.8, 4) is 0 Å². The highest BCUT2D eigenvalue weighted by Gasteiger charge is 2.18. The van der Waals surface area contributed by atoms with E-state index >= 15 is 0 Å². The molecule has 2 amide bonds. The Morgan fingerprint density at radius 2 is 1.94 bits per heavy atom. The van der Waals surface area contributed by atoms with E-state index in [4.69, 9.17) is 0 Å². The summed E-state index contributed by atoms with van der Waals surface area (Å²) in [6, 6.07) is -0.395. The number of rotatable bonds is 7. The van der Waals surface area contributed by atoms with Gasteiger partial charge in [-0.25, -0.2) is 0 Å². The maximum atomic E-state index is 11.7. The third kappa shape index (κ3) is 6.71. The van der Waals surface area contributed by atoms with E-state index in [0.29, 0.717) is 5.75 Å². The molecule has 94 valence electrons. The van der Waals surface area contributed by atoms with Crippen molar-refractivity contribution < 1.29 is 9.59 Å². The molecule has 2 N–H and O–H groups in total. The summed E-state index contributed by atoms with van der Waals surface area (Å²) in [7, 11) is 0. The van der Waals surface area contributed by atoms with Crippen molar-refractivity contribution >= 4 is 24.4 Å². The normalized spacial score (nSPS) is 14.0. The highest BCUT2D eigenvalue weighted by Crippen LogP contribution is 2.00. The van der Waals surface area contributed by atoms with Gasteiger partial charge in [0.25, 0.3) is 0 Å². The van der Waals surface area contributed by atoms with Gasteiger partial charge in [-0.1, -0.05) is 19.8 Å². The molecular formula is C11H22N2O2S. The van der Waals surface area contributed by atoms with Gasteiger partial charge in [-0.15, -0.1) is 0 Å². The number of carbonyl (C=O) groups is 2. The molecule has 0 rings (SSSR count). The van der Waals surface area contributed by atoms with Crippen LogP contribution in [0.5, 0.6) is 0 Å². The van der Waals surface area contributed by atoms with Crippen LogP contribution in [-0.2, 0) is 9.59 Å². The predicted octanol–water partition coefficient (Wildman–Crippen LogP) is 1.12. The van der Waals surface area contributed by atoms with E-state index in [1.807, 2.05) is 6.92 Å². The van der Waals surface area contributed by atoms with Crippen LogP contribution in [0.1, 0.15) is 40.0 Å². The fourth-order valence-corrected chi connectivity index (χ4v) is 1.62. The Hall–Kier alpha value is -0.710. The first-order valence-corrected chi connectivity index (χ1v) is 6.32. The Balaban J connectivity index is 4.04. The molecule has 0 spiro atoms. The molecule has 0 aliphatic heterocycles. The van der Waals surface area contributed by atoms with E-state index in [1.165, 1.54) is 6.92 Å². The first-order valence-electron chi connectivity index (χ1n) is 5.69. The van der Waals surface area contributed by atoms with Crippen LogP contribution in [0.2, 0.25) is 0 Å². The van der Waals surface area contributed by atoms with Gasteiger partial charge in [0.1, 0.15) is 6.04 Å². The third-order valence-electron chi connectivity index (χ3n) is 2.26. The smallest absolute Gasteiger partial charge is 0.243 e. The Morgan fingerprint density at radius 3 is 2.38 bits per heavy atom. The number of unbranched alkanes of at least 4 members (excludes halogenated alkanes) is 1. The zero-order valence-corrected chi connectivity index (χ0v) is 11.1. The molecule has 2 unspecified atom stereocenters. The van der Waals surface area contributed by atoms with Crippen molar-refractivity contribution in [3.05, 3.63) is 0 Å². The average molecular weight is 246 g/mol. The number of carbonyl (C=O) groups excluding carboxylic acids is 2. The van der Waals surface area contributed by atoms with Crippen LogP contribution in [0, 0.1) is 0 Å². The molecule has 0 aliphatic rings. The van der Waals surface area contributed by atoms with E-state index in [0.717, 1.165) is 19.3 Å². The summed E-state index contributed by atoms with van der Waals surface area (Å²) < 4.78 is 0. The SMILES string of the molecule is CCCCC(C)NC(=O)C(CS)NC(C)=O. The van der Waals surface area contributed by atoms with Gasteiger partial charge in [-0.2, -0.15) is 12.6 Å². The van der Waals surface area contributed by atoms with Crippen molar-refractivity contribution in [1.82, 2.24) is 10.6 Å². The lowest BCUT2D eigenvalue weighted by Crippen LogP contribution is -2.49. The highest BCUT2D eigenvalue weighted by atomic mass is 32.1. The summed E-state index contributed by atoms with van der Waals surface area (Å²) >= 11 is 4.05. The Bertz CT molecular complexity index is 234. The highest BCUT2D eigenvalue weighted by molar-refractivity contribution is 7.80. The predicted molar refractivity (Wildman–Crippen MR) is 68.6 cm³/mol. The molecule has 0 radical (unpaired) electrons. The largest absolute Gasteiger partial charge is 0.352 e. The minimum absolute atomic E-state index is 0.142. The van der Waals surface area contributed by atoms with Crippen LogP contribution in [0.25, 0.3) is 0 Å². The van der Waals surface area contributed by atoms with E-state index in [1.54, 1.807) is 0 Å². The number of amides is 2. The Labute approximate surface area is 103 Å². The van der Waals surface area contributed by atoms with Crippen molar-refractivity contribution in [1.29, 1.82) is 0 Å². The summed E-state index contributed by atoms with van der Waals surface area (Å²) in [4.78, 5) is 22.6. The zero-order valence-electron chi connectivity index (χ0n) is 10.2. The first kappa shape index (κ1) is 15.3. The van der Waals surface area contributed by atoms with Gasteiger partial charge < -0.3 is 10.6 Å². The molecule has 0 aliphatic carbocycles. The molecule has 5 heteroatoms. The average Bonchev–Trinajstić information content (AvgIpc) is 2.22. The van der Waals surface area contributed by atoms with Crippen LogP contribution in [0.4, 0.5) is 0 Å². The second-order valence-corrected chi connectivity index (χ2v) is 4.35. The number of hydrogen-bond acceptors (Lipinski definition) is 3. The van der Waals surface area contributed by atoms with Crippen LogP contribution in [0.15, 0.2) is 0 Å². The summed E-state index contributed by atoms with van der Waals surface area (Å²) in [6.45, 7) is 5.48. The fraction of sp³-hybridized carbons (Fsp3) is 0.818. The van der Waals surface area contributed by atoms with E-state index in [-0.39, 0.29) is 17.9 Å². The minimum Gasteiger partial charge on any atom is -0.352 e.